The monoisotopic (exact) mass is 271 g/mol. The normalized spacial score (nSPS) is 14.7. The molecule has 1 amide bonds. The van der Waals surface area contributed by atoms with Crippen molar-refractivity contribution >= 4 is 16.7 Å². The van der Waals surface area contributed by atoms with Gasteiger partial charge in [-0.25, -0.2) is 0 Å². The van der Waals surface area contributed by atoms with Crippen LogP contribution in [-0.2, 0) is 4.79 Å². The molecule has 4 heteroatoms. The number of rotatable bonds is 3. The molecule has 1 fully saturated rings. The first-order valence-electron chi connectivity index (χ1n) is 6.86. The number of carbonyl (C=O) groups excluding carboxylic acids is 1. The Kier molecular flexibility index (Phi) is 3.46. The highest BCUT2D eigenvalue weighted by molar-refractivity contribution is 5.86. The van der Waals surface area contributed by atoms with E-state index in [-0.39, 0.29) is 18.3 Å². The Bertz CT molecular complexity index is 633. The van der Waals surface area contributed by atoms with E-state index in [1.807, 2.05) is 24.3 Å². The fraction of sp³-hybridized carbons (Fsp3) is 0.312. The van der Waals surface area contributed by atoms with Crippen LogP contribution in [0.3, 0.4) is 0 Å². The Morgan fingerprint density at radius 3 is 2.50 bits per heavy atom. The molecule has 20 heavy (non-hydrogen) atoms. The van der Waals surface area contributed by atoms with Crippen LogP contribution in [0.5, 0.6) is 11.5 Å². The fourth-order valence-corrected chi connectivity index (χ4v) is 2.52. The maximum atomic E-state index is 11.9. The Morgan fingerprint density at radius 2 is 1.80 bits per heavy atom. The molecule has 3 rings (SSSR count). The largest absolute Gasteiger partial charge is 0.504 e. The Hall–Kier alpha value is -2.23. The number of fused-ring (bicyclic) bond motifs is 1. The molecule has 1 aliphatic heterocycles. The van der Waals surface area contributed by atoms with Crippen LogP contribution < -0.4 is 4.74 Å². The summed E-state index contributed by atoms with van der Waals surface area (Å²) < 4.78 is 5.48. The average Bonchev–Trinajstić information content (AvgIpc) is 2.99. The number of hydrogen-bond acceptors (Lipinski definition) is 3. The van der Waals surface area contributed by atoms with Crippen molar-refractivity contribution in [1.29, 1.82) is 0 Å². The minimum absolute atomic E-state index is 0.0185. The van der Waals surface area contributed by atoms with E-state index in [2.05, 4.69) is 0 Å². The summed E-state index contributed by atoms with van der Waals surface area (Å²) in [6.45, 7) is 1.60. The van der Waals surface area contributed by atoms with Gasteiger partial charge in [0.2, 0.25) is 0 Å². The van der Waals surface area contributed by atoms with Crippen LogP contribution in [0, 0.1) is 0 Å². The first-order chi connectivity index (χ1) is 9.74. The highest BCUT2D eigenvalue weighted by atomic mass is 16.5. The lowest BCUT2D eigenvalue weighted by atomic mass is 10.1. The summed E-state index contributed by atoms with van der Waals surface area (Å²) in [7, 11) is 0. The summed E-state index contributed by atoms with van der Waals surface area (Å²) in [6, 6.07) is 11.1. The van der Waals surface area contributed by atoms with E-state index >= 15 is 0 Å². The van der Waals surface area contributed by atoms with Gasteiger partial charge in [0.05, 0.1) is 0 Å². The Balaban J connectivity index is 1.73. The van der Waals surface area contributed by atoms with Gasteiger partial charge in [0.15, 0.2) is 18.1 Å². The zero-order chi connectivity index (χ0) is 13.9. The molecular formula is C16H17NO3. The lowest BCUT2D eigenvalue weighted by Crippen LogP contribution is -2.32. The van der Waals surface area contributed by atoms with Crippen LogP contribution in [0.4, 0.5) is 0 Å². The third-order valence-corrected chi connectivity index (χ3v) is 3.64. The van der Waals surface area contributed by atoms with Gasteiger partial charge in [0, 0.05) is 13.1 Å². The zero-order valence-electron chi connectivity index (χ0n) is 11.2. The number of amides is 1. The molecule has 0 unspecified atom stereocenters. The van der Waals surface area contributed by atoms with E-state index in [0.29, 0.717) is 5.75 Å². The first-order valence-corrected chi connectivity index (χ1v) is 6.86. The van der Waals surface area contributed by atoms with Gasteiger partial charge in [-0.1, -0.05) is 24.3 Å². The number of nitrogens with zero attached hydrogens (tertiary/aromatic N) is 1. The number of aromatic hydroxyl groups is 1. The summed E-state index contributed by atoms with van der Waals surface area (Å²) in [6.07, 6.45) is 2.12. The molecule has 104 valence electrons. The zero-order valence-corrected chi connectivity index (χ0v) is 11.2. The van der Waals surface area contributed by atoms with E-state index in [4.69, 9.17) is 4.74 Å². The molecule has 0 radical (unpaired) electrons. The topological polar surface area (TPSA) is 49.8 Å². The van der Waals surface area contributed by atoms with E-state index in [9.17, 15) is 9.90 Å². The molecule has 0 aliphatic carbocycles. The third-order valence-electron chi connectivity index (χ3n) is 3.64. The van der Waals surface area contributed by atoms with Gasteiger partial charge in [0.25, 0.3) is 5.91 Å². The number of ether oxygens (including phenoxy) is 1. The molecule has 0 bridgehead atoms. The van der Waals surface area contributed by atoms with Crippen molar-refractivity contribution < 1.29 is 14.6 Å². The number of phenols is 1. The number of hydrogen-bond donors (Lipinski definition) is 1. The molecule has 2 aromatic carbocycles. The van der Waals surface area contributed by atoms with Crippen molar-refractivity contribution in [2.45, 2.75) is 12.8 Å². The Labute approximate surface area is 117 Å². The minimum atomic E-state index is -0.0219. The van der Waals surface area contributed by atoms with Gasteiger partial charge in [-0.2, -0.15) is 0 Å². The van der Waals surface area contributed by atoms with Gasteiger partial charge in [-0.15, -0.1) is 0 Å². The second-order valence-corrected chi connectivity index (χ2v) is 5.04. The van der Waals surface area contributed by atoms with Crippen molar-refractivity contribution in [3.63, 3.8) is 0 Å². The third kappa shape index (κ3) is 2.54. The van der Waals surface area contributed by atoms with Crippen LogP contribution in [0.2, 0.25) is 0 Å². The van der Waals surface area contributed by atoms with Gasteiger partial charge in [0.1, 0.15) is 0 Å². The molecule has 1 saturated heterocycles. The maximum absolute atomic E-state index is 11.9. The van der Waals surface area contributed by atoms with E-state index < -0.39 is 0 Å². The quantitative estimate of drug-likeness (QED) is 0.933. The SMILES string of the molecule is O=C(COc1cc2ccccc2cc1O)N1CCCC1. The summed E-state index contributed by atoms with van der Waals surface area (Å²) in [4.78, 5) is 13.7. The second-order valence-electron chi connectivity index (χ2n) is 5.04. The lowest BCUT2D eigenvalue weighted by molar-refractivity contribution is -0.132. The predicted molar refractivity (Wildman–Crippen MR) is 76.9 cm³/mol. The van der Waals surface area contributed by atoms with Gasteiger partial charge < -0.3 is 14.7 Å². The highest BCUT2D eigenvalue weighted by Gasteiger charge is 2.18. The molecule has 0 aromatic heterocycles. The van der Waals surface area contributed by atoms with Gasteiger partial charge in [-0.05, 0) is 35.7 Å². The van der Waals surface area contributed by atoms with Crippen LogP contribution in [-0.4, -0.2) is 35.6 Å². The molecule has 0 atom stereocenters. The smallest absolute Gasteiger partial charge is 0.260 e. The molecular weight excluding hydrogens is 254 g/mol. The second kappa shape index (κ2) is 5.41. The minimum Gasteiger partial charge on any atom is -0.504 e. The molecule has 0 spiro atoms. The predicted octanol–water partition coefficient (Wildman–Crippen LogP) is 2.55. The van der Waals surface area contributed by atoms with E-state index in [1.165, 1.54) is 0 Å². The fourth-order valence-electron chi connectivity index (χ4n) is 2.52. The van der Waals surface area contributed by atoms with Crippen LogP contribution in [0.25, 0.3) is 10.8 Å². The number of benzene rings is 2. The van der Waals surface area contributed by atoms with Crippen LogP contribution in [0.1, 0.15) is 12.8 Å². The maximum Gasteiger partial charge on any atom is 0.260 e. The van der Waals surface area contributed by atoms with Crippen molar-refractivity contribution in [2.24, 2.45) is 0 Å². The molecule has 1 heterocycles. The molecule has 1 N–H and O–H groups in total. The van der Waals surface area contributed by atoms with Crippen molar-refractivity contribution in [1.82, 2.24) is 4.90 Å². The summed E-state index contributed by atoms with van der Waals surface area (Å²) in [5.41, 5.74) is 0. The molecule has 4 nitrogen and oxygen atoms in total. The van der Waals surface area contributed by atoms with Crippen LogP contribution in [0.15, 0.2) is 36.4 Å². The number of phenolic OH excluding ortho intramolecular Hbond substituents is 1. The molecule has 0 saturated carbocycles. The lowest BCUT2D eigenvalue weighted by Gasteiger charge is -2.16. The summed E-state index contributed by atoms with van der Waals surface area (Å²) >= 11 is 0. The van der Waals surface area contributed by atoms with Gasteiger partial charge in [-0.3, -0.25) is 4.79 Å². The summed E-state index contributed by atoms with van der Waals surface area (Å²) in [5, 5.41) is 11.9. The number of likely N-dealkylation sites (tertiary alicyclic amines) is 1. The first kappa shape index (κ1) is 12.8. The van der Waals surface area contributed by atoms with Crippen molar-refractivity contribution in [2.75, 3.05) is 19.7 Å². The molecule has 2 aromatic rings. The average molecular weight is 271 g/mol. The van der Waals surface area contributed by atoms with Gasteiger partial charge >= 0.3 is 0 Å². The van der Waals surface area contributed by atoms with E-state index in [1.54, 1.807) is 17.0 Å². The van der Waals surface area contributed by atoms with Crippen molar-refractivity contribution in [3.8, 4) is 11.5 Å². The van der Waals surface area contributed by atoms with Crippen molar-refractivity contribution in [3.05, 3.63) is 36.4 Å². The number of carbonyl (C=O) groups is 1. The van der Waals surface area contributed by atoms with E-state index in [0.717, 1.165) is 36.7 Å². The van der Waals surface area contributed by atoms with Crippen LogP contribution >= 0.6 is 0 Å². The molecule has 1 aliphatic rings. The highest BCUT2D eigenvalue weighted by Crippen LogP contribution is 2.31. The summed E-state index contributed by atoms with van der Waals surface area (Å²) in [5.74, 6) is 0.407. The standard InChI is InChI=1S/C16H17NO3/c18-14-9-12-5-1-2-6-13(12)10-15(14)20-11-16(19)17-7-3-4-8-17/h1-2,5-6,9-10,18H,3-4,7-8,11H2. The Morgan fingerprint density at radius 1 is 1.15 bits per heavy atom.